The molecule has 2 aromatic carbocycles. The SMILES string of the molecule is CC1=NN(c2ccccc2)C(=O)C1CNc1ccc(Br)cc1. The fraction of sp³-hybridized carbons (Fsp3) is 0.176. The number of amides is 1. The number of hydrogen-bond acceptors (Lipinski definition) is 3. The Morgan fingerprint density at radius 1 is 1.14 bits per heavy atom. The van der Waals surface area contributed by atoms with Gasteiger partial charge in [-0.25, -0.2) is 5.01 Å². The molecule has 0 aromatic heterocycles. The molecule has 112 valence electrons. The Bertz CT molecular complexity index is 698. The zero-order valence-corrected chi connectivity index (χ0v) is 13.7. The van der Waals surface area contributed by atoms with Crippen molar-refractivity contribution in [3.05, 3.63) is 59.1 Å². The number of nitrogens with one attached hydrogen (secondary N) is 1. The topological polar surface area (TPSA) is 44.7 Å². The molecular weight excluding hydrogens is 342 g/mol. The quantitative estimate of drug-likeness (QED) is 0.901. The van der Waals surface area contributed by atoms with Gasteiger partial charge in [-0.05, 0) is 43.3 Å². The molecule has 0 aliphatic carbocycles. The van der Waals surface area contributed by atoms with Crippen LogP contribution in [0.4, 0.5) is 11.4 Å². The van der Waals surface area contributed by atoms with Crippen LogP contribution in [0.25, 0.3) is 0 Å². The lowest BCUT2D eigenvalue weighted by molar-refractivity contribution is -0.119. The second-order valence-corrected chi connectivity index (χ2v) is 6.08. The summed E-state index contributed by atoms with van der Waals surface area (Å²) in [4.78, 5) is 12.6. The predicted molar refractivity (Wildman–Crippen MR) is 93.2 cm³/mol. The van der Waals surface area contributed by atoms with Gasteiger partial charge in [0.1, 0.15) is 0 Å². The summed E-state index contributed by atoms with van der Waals surface area (Å²) in [5.74, 6) is -0.225. The van der Waals surface area contributed by atoms with Crippen molar-refractivity contribution in [2.45, 2.75) is 6.92 Å². The van der Waals surface area contributed by atoms with Gasteiger partial charge >= 0.3 is 0 Å². The number of carbonyl (C=O) groups is 1. The van der Waals surface area contributed by atoms with Gasteiger partial charge in [0.15, 0.2) is 0 Å². The van der Waals surface area contributed by atoms with E-state index in [9.17, 15) is 4.79 Å². The van der Waals surface area contributed by atoms with Crippen molar-refractivity contribution in [2.75, 3.05) is 16.9 Å². The molecule has 1 unspecified atom stereocenters. The highest BCUT2D eigenvalue weighted by atomic mass is 79.9. The average Bonchev–Trinajstić information content (AvgIpc) is 2.82. The fourth-order valence-corrected chi connectivity index (χ4v) is 2.64. The van der Waals surface area contributed by atoms with Crippen LogP contribution in [0.1, 0.15) is 6.92 Å². The molecule has 0 radical (unpaired) electrons. The molecule has 1 atom stereocenters. The van der Waals surface area contributed by atoms with Crippen molar-refractivity contribution in [3.63, 3.8) is 0 Å². The zero-order chi connectivity index (χ0) is 15.5. The third-order valence-electron chi connectivity index (χ3n) is 3.62. The number of nitrogens with zero attached hydrogens (tertiary/aromatic N) is 2. The monoisotopic (exact) mass is 357 g/mol. The van der Waals surface area contributed by atoms with Crippen LogP contribution in [0.5, 0.6) is 0 Å². The van der Waals surface area contributed by atoms with Crippen LogP contribution < -0.4 is 10.3 Å². The van der Waals surface area contributed by atoms with E-state index in [1.807, 2.05) is 61.5 Å². The zero-order valence-electron chi connectivity index (χ0n) is 12.2. The van der Waals surface area contributed by atoms with Gasteiger partial charge < -0.3 is 5.32 Å². The number of carbonyl (C=O) groups excluding carboxylic acids is 1. The summed E-state index contributed by atoms with van der Waals surface area (Å²) in [6, 6.07) is 17.4. The third-order valence-corrected chi connectivity index (χ3v) is 4.15. The molecule has 1 N–H and O–H groups in total. The molecule has 0 spiro atoms. The van der Waals surface area contributed by atoms with Gasteiger partial charge in [-0.1, -0.05) is 34.1 Å². The van der Waals surface area contributed by atoms with Gasteiger partial charge in [0.05, 0.1) is 17.3 Å². The molecule has 1 heterocycles. The van der Waals surface area contributed by atoms with E-state index < -0.39 is 0 Å². The maximum atomic E-state index is 12.6. The van der Waals surface area contributed by atoms with Gasteiger partial charge in [-0.3, -0.25) is 4.79 Å². The Hall–Kier alpha value is -2.14. The molecule has 5 heteroatoms. The Labute approximate surface area is 138 Å². The second-order valence-electron chi connectivity index (χ2n) is 5.17. The van der Waals surface area contributed by atoms with Crippen LogP contribution in [0, 0.1) is 5.92 Å². The minimum Gasteiger partial charge on any atom is -0.384 e. The molecule has 2 aromatic rings. The summed E-state index contributed by atoms with van der Waals surface area (Å²) in [6.07, 6.45) is 0. The van der Waals surface area contributed by atoms with Crippen LogP contribution >= 0.6 is 15.9 Å². The molecule has 0 saturated carbocycles. The van der Waals surface area contributed by atoms with Crippen LogP contribution in [0.3, 0.4) is 0 Å². The molecule has 0 fully saturated rings. The van der Waals surface area contributed by atoms with E-state index in [4.69, 9.17) is 0 Å². The molecular formula is C17H16BrN3O. The highest BCUT2D eigenvalue weighted by Crippen LogP contribution is 2.24. The van der Waals surface area contributed by atoms with Crippen molar-refractivity contribution in [1.29, 1.82) is 0 Å². The van der Waals surface area contributed by atoms with Crippen molar-refractivity contribution < 1.29 is 4.79 Å². The number of hydrazone groups is 1. The molecule has 22 heavy (non-hydrogen) atoms. The summed E-state index contributed by atoms with van der Waals surface area (Å²) < 4.78 is 1.03. The van der Waals surface area contributed by atoms with Gasteiger partial charge in [0, 0.05) is 16.7 Å². The van der Waals surface area contributed by atoms with Gasteiger partial charge in [-0.2, -0.15) is 5.10 Å². The summed E-state index contributed by atoms with van der Waals surface area (Å²) in [5, 5.41) is 9.19. The highest BCUT2D eigenvalue weighted by molar-refractivity contribution is 9.10. The molecule has 0 saturated heterocycles. The van der Waals surface area contributed by atoms with Gasteiger partial charge in [0.2, 0.25) is 0 Å². The molecule has 4 nitrogen and oxygen atoms in total. The van der Waals surface area contributed by atoms with Crippen LogP contribution in [-0.4, -0.2) is 18.2 Å². The fourth-order valence-electron chi connectivity index (χ4n) is 2.38. The van der Waals surface area contributed by atoms with E-state index in [0.29, 0.717) is 6.54 Å². The van der Waals surface area contributed by atoms with E-state index in [2.05, 4.69) is 26.3 Å². The first-order valence-electron chi connectivity index (χ1n) is 7.09. The van der Waals surface area contributed by atoms with E-state index in [1.54, 1.807) is 0 Å². The maximum Gasteiger partial charge on any atom is 0.258 e. The largest absolute Gasteiger partial charge is 0.384 e. The summed E-state index contributed by atoms with van der Waals surface area (Å²) in [6.45, 7) is 2.44. The third kappa shape index (κ3) is 3.04. The lowest BCUT2D eigenvalue weighted by atomic mass is 10.0. The Balaban J connectivity index is 1.69. The number of para-hydroxylation sites is 1. The average molecular weight is 358 g/mol. The molecule has 1 amide bonds. The Morgan fingerprint density at radius 3 is 2.50 bits per heavy atom. The van der Waals surface area contributed by atoms with Gasteiger partial charge in [0.25, 0.3) is 5.91 Å². The second kappa shape index (κ2) is 6.32. The van der Waals surface area contributed by atoms with Crippen LogP contribution in [0.2, 0.25) is 0 Å². The molecule has 0 bridgehead atoms. The Morgan fingerprint density at radius 2 is 1.82 bits per heavy atom. The van der Waals surface area contributed by atoms with Crippen molar-refractivity contribution in [1.82, 2.24) is 0 Å². The number of halogens is 1. The van der Waals surface area contributed by atoms with Crippen molar-refractivity contribution in [2.24, 2.45) is 11.0 Å². The Kier molecular flexibility index (Phi) is 4.24. The highest BCUT2D eigenvalue weighted by Gasteiger charge is 2.33. The van der Waals surface area contributed by atoms with E-state index in [0.717, 1.165) is 21.6 Å². The summed E-state index contributed by atoms with van der Waals surface area (Å²) in [7, 11) is 0. The van der Waals surface area contributed by atoms with E-state index in [1.165, 1.54) is 5.01 Å². The number of rotatable bonds is 4. The summed E-state index contributed by atoms with van der Waals surface area (Å²) >= 11 is 3.41. The maximum absolute atomic E-state index is 12.6. The predicted octanol–water partition coefficient (Wildman–Crippen LogP) is 3.90. The molecule has 1 aliphatic heterocycles. The lowest BCUT2D eigenvalue weighted by Gasteiger charge is -2.15. The first-order chi connectivity index (χ1) is 10.6. The van der Waals surface area contributed by atoms with E-state index in [-0.39, 0.29) is 11.8 Å². The van der Waals surface area contributed by atoms with Crippen molar-refractivity contribution >= 4 is 38.9 Å². The van der Waals surface area contributed by atoms with Gasteiger partial charge in [-0.15, -0.1) is 0 Å². The number of anilines is 2. The minimum atomic E-state index is -0.233. The minimum absolute atomic E-state index is 0.00770. The number of benzene rings is 2. The normalized spacial score (nSPS) is 17.5. The first kappa shape index (κ1) is 14.8. The first-order valence-corrected chi connectivity index (χ1v) is 7.88. The molecule has 3 rings (SSSR count). The van der Waals surface area contributed by atoms with Crippen LogP contribution in [0.15, 0.2) is 64.2 Å². The summed E-state index contributed by atoms with van der Waals surface area (Å²) in [5.41, 5.74) is 2.62. The van der Waals surface area contributed by atoms with Crippen molar-refractivity contribution in [3.8, 4) is 0 Å². The van der Waals surface area contributed by atoms with E-state index >= 15 is 0 Å². The lowest BCUT2D eigenvalue weighted by Crippen LogP contribution is -2.31. The van der Waals surface area contributed by atoms with Crippen LogP contribution in [-0.2, 0) is 4.79 Å². The molecule has 1 aliphatic rings. The standard InChI is InChI=1S/C17H16BrN3O/c1-12-16(11-19-14-9-7-13(18)8-10-14)17(22)21(20-12)15-5-3-2-4-6-15/h2-10,16,19H,11H2,1H3. The smallest absolute Gasteiger partial charge is 0.258 e. The number of hydrogen-bond donors (Lipinski definition) is 1.